The van der Waals surface area contributed by atoms with Crippen LogP contribution in [0.3, 0.4) is 0 Å². The molecule has 0 aromatic heterocycles. The van der Waals surface area contributed by atoms with Gasteiger partial charge in [0.25, 0.3) is 0 Å². The quantitative estimate of drug-likeness (QED) is 0.558. The van der Waals surface area contributed by atoms with Gasteiger partial charge in [0.1, 0.15) is 0 Å². The van der Waals surface area contributed by atoms with Gasteiger partial charge in [-0.2, -0.15) is 0 Å². The van der Waals surface area contributed by atoms with Crippen LogP contribution < -0.4 is 0 Å². The van der Waals surface area contributed by atoms with Crippen molar-refractivity contribution in [1.29, 1.82) is 0 Å². The molecule has 0 heterocycles. The third-order valence-corrected chi connectivity index (χ3v) is 6.40. The molecule has 0 N–H and O–H groups in total. The van der Waals surface area contributed by atoms with Crippen molar-refractivity contribution < 1.29 is 0 Å². The summed E-state index contributed by atoms with van der Waals surface area (Å²) in [6, 6.07) is 14.1. The summed E-state index contributed by atoms with van der Waals surface area (Å²) in [5.41, 5.74) is 8.67. The zero-order chi connectivity index (χ0) is 17.1. The number of aryl methyl sites for hydroxylation is 1. The third-order valence-electron chi connectivity index (χ3n) is 6.40. The Morgan fingerprint density at radius 3 is 2.04 bits per heavy atom. The Kier molecular flexibility index (Phi) is 5.43. The van der Waals surface area contributed by atoms with E-state index in [9.17, 15) is 0 Å². The highest BCUT2D eigenvalue weighted by Gasteiger charge is 2.21. The second-order valence-corrected chi connectivity index (χ2v) is 7.62. The molecule has 2 aromatic rings. The largest absolute Gasteiger partial charge is 0.0651 e. The number of hydrogen-bond donors (Lipinski definition) is 0. The van der Waals surface area contributed by atoms with Crippen LogP contribution in [0.4, 0.5) is 0 Å². The maximum atomic E-state index is 2.38. The predicted molar refractivity (Wildman–Crippen MR) is 106 cm³/mol. The average molecular weight is 321 g/mol. The van der Waals surface area contributed by atoms with Gasteiger partial charge in [0.15, 0.2) is 0 Å². The first kappa shape index (κ1) is 17.3. The lowest BCUT2D eigenvalue weighted by Crippen LogP contribution is -2.12. The molecule has 0 saturated heterocycles. The fraction of sp³-hybridized carbons (Fsp3) is 0.500. The highest BCUT2D eigenvalue weighted by Crippen LogP contribution is 2.37. The zero-order valence-electron chi connectivity index (χ0n) is 15.9. The van der Waals surface area contributed by atoms with Crippen molar-refractivity contribution in [1.82, 2.24) is 0 Å². The van der Waals surface area contributed by atoms with Crippen molar-refractivity contribution in [2.45, 2.75) is 72.1 Å². The van der Waals surface area contributed by atoms with E-state index in [1.165, 1.54) is 59.9 Å². The molecule has 1 aliphatic rings. The molecule has 0 unspecified atom stereocenters. The highest BCUT2D eigenvalue weighted by molar-refractivity contribution is 5.69. The van der Waals surface area contributed by atoms with Crippen molar-refractivity contribution in [3.8, 4) is 11.1 Å². The van der Waals surface area contributed by atoms with Crippen LogP contribution in [-0.4, -0.2) is 0 Å². The molecule has 0 aliphatic heterocycles. The first-order valence-electron chi connectivity index (χ1n) is 9.83. The van der Waals surface area contributed by atoms with Gasteiger partial charge in [-0.15, -0.1) is 0 Å². The summed E-state index contributed by atoms with van der Waals surface area (Å²) in [6.45, 7) is 9.11. The van der Waals surface area contributed by atoms with Crippen LogP contribution in [0.15, 0.2) is 36.4 Å². The Morgan fingerprint density at radius 1 is 0.792 bits per heavy atom. The van der Waals surface area contributed by atoms with E-state index in [0.717, 1.165) is 18.3 Å². The van der Waals surface area contributed by atoms with Crippen molar-refractivity contribution in [3.63, 3.8) is 0 Å². The van der Waals surface area contributed by atoms with Crippen LogP contribution in [-0.2, 0) is 6.42 Å². The monoisotopic (exact) mass is 320 g/mol. The van der Waals surface area contributed by atoms with E-state index in [4.69, 9.17) is 0 Å². The predicted octanol–water partition coefficient (Wildman–Crippen LogP) is 7.22. The van der Waals surface area contributed by atoms with Crippen molar-refractivity contribution in [3.05, 3.63) is 58.7 Å². The minimum atomic E-state index is 0.784. The number of benzene rings is 2. The summed E-state index contributed by atoms with van der Waals surface area (Å²) in [6.07, 6.45) is 8.06. The summed E-state index contributed by atoms with van der Waals surface area (Å²) >= 11 is 0. The Hall–Kier alpha value is -1.56. The molecule has 0 heteroatoms. The minimum Gasteiger partial charge on any atom is -0.0651 e. The molecule has 1 saturated carbocycles. The Bertz CT molecular complexity index is 670. The molecule has 0 bridgehead atoms. The van der Waals surface area contributed by atoms with Crippen LogP contribution >= 0.6 is 0 Å². The Balaban J connectivity index is 1.79. The van der Waals surface area contributed by atoms with E-state index < -0.39 is 0 Å². The molecule has 2 aromatic carbocycles. The van der Waals surface area contributed by atoms with E-state index >= 15 is 0 Å². The van der Waals surface area contributed by atoms with E-state index in [1.807, 2.05) is 0 Å². The molecule has 3 rings (SSSR count). The molecule has 24 heavy (non-hydrogen) atoms. The fourth-order valence-corrected chi connectivity index (χ4v) is 4.41. The van der Waals surface area contributed by atoms with Gasteiger partial charge >= 0.3 is 0 Å². The van der Waals surface area contributed by atoms with Crippen molar-refractivity contribution in [2.24, 2.45) is 5.92 Å². The highest BCUT2D eigenvalue weighted by atomic mass is 14.3. The van der Waals surface area contributed by atoms with E-state index in [2.05, 4.69) is 64.1 Å². The number of hydrogen-bond acceptors (Lipinski definition) is 0. The molecule has 0 nitrogen and oxygen atoms in total. The normalized spacial score (nSPS) is 21.0. The molecule has 0 amide bonds. The van der Waals surface area contributed by atoms with Crippen LogP contribution in [0.2, 0.25) is 0 Å². The van der Waals surface area contributed by atoms with Gasteiger partial charge in [-0.3, -0.25) is 0 Å². The lowest BCUT2D eigenvalue weighted by atomic mass is 9.77. The van der Waals surface area contributed by atoms with Gasteiger partial charge in [0, 0.05) is 0 Å². The Labute approximate surface area is 148 Å². The summed E-state index contributed by atoms with van der Waals surface area (Å²) in [4.78, 5) is 0. The van der Waals surface area contributed by atoms with E-state index in [-0.39, 0.29) is 0 Å². The Morgan fingerprint density at radius 2 is 1.46 bits per heavy atom. The van der Waals surface area contributed by atoms with Crippen molar-refractivity contribution in [2.75, 3.05) is 0 Å². The lowest BCUT2D eigenvalue weighted by molar-refractivity contribution is 0.319. The van der Waals surface area contributed by atoms with E-state index in [0.29, 0.717) is 0 Å². The van der Waals surface area contributed by atoms with Gasteiger partial charge in [-0.1, -0.05) is 56.7 Å². The van der Waals surface area contributed by atoms with Gasteiger partial charge in [-0.05, 0) is 91.2 Å². The molecule has 1 fully saturated rings. The van der Waals surface area contributed by atoms with Gasteiger partial charge in [0.05, 0.1) is 0 Å². The van der Waals surface area contributed by atoms with E-state index in [1.54, 1.807) is 5.56 Å². The number of rotatable bonds is 4. The van der Waals surface area contributed by atoms with Gasteiger partial charge in [-0.25, -0.2) is 0 Å². The molecular weight excluding hydrogens is 288 g/mol. The van der Waals surface area contributed by atoms with Gasteiger partial charge < -0.3 is 0 Å². The van der Waals surface area contributed by atoms with Crippen LogP contribution in [0.1, 0.15) is 74.1 Å². The van der Waals surface area contributed by atoms with Crippen molar-refractivity contribution >= 4 is 0 Å². The second kappa shape index (κ2) is 7.55. The smallest absolute Gasteiger partial charge is 0.0152 e. The minimum absolute atomic E-state index is 0.784. The first-order chi connectivity index (χ1) is 11.6. The zero-order valence-corrected chi connectivity index (χ0v) is 15.9. The van der Waals surface area contributed by atoms with Crippen LogP contribution in [0.25, 0.3) is 11.1 Å². The fourth-order valence-electron chi connectivity index (χ4n) is 4.41. The molecule has 1 aliphatic carbocycles. The third kappa shape index (κ3) is 3.43. The lowest BCUT2D eigenvalue weighted by Gasteiger charge is -2.28. The van der Waals surface area contributed by atoms with Crippen LogP contribution in [0.5, 0.6) is 0 Å². The second-order valence-electron chi connectivity index (χ2n) is 7.62. The summed E-state index contributed by atoms with van der Waals surface area (Å²) in [5.74, 6) is 1.76. The van der Waals surface area contributed by atoms with Crippen LogP contribution in [0, 0.1) is 19.8 Å². The molecule has 0 atom stereocenters. The first-order valence-corrected chi connectivity index (χ1v) is 9.83. The standard InChI is InChI=1S/C24H32/c1-5-19-7-9-21(10-8-19)22-11-13-23(14-12-22)24-16-15-20(6-2)17(3)18(24)4/h11-16,19,21H,5-10H2,1-4H3. The summed E-state index contributed by atoms with van der Waals surface area (Å²) in [5, 5.41) is 0. The maximum absolute atomic E-state index is 2.38. The molecule has 0 radical (unpaired) electrons. The topological polar surface area (TPSA) is 0 Å². The molecule has 128 valence electrons. The summed E-state index contributed by atoms with van der Waals surface area (Å²) < 4.78 is 0. The summed E-state index contributed by atoms with van der Waals surface area (Å²) in [7, 11) is 0. The van der Waals surface area contributed by atoms with Gasteiger partial charge in [0.2, 0.25) is 0 Å². The maximum Gasteiger partial charge on any atom is -0.0152 e. The molecular formula is C24H32. The average Bonchev–Trinajstić information content (AvgIpc) is 2.64. The molecule has 0 spiro atoms. The SMILES string of the molecule is CCc1ccc(-c2ccc(C3CCC(CC)CC3)cc2)c(C)c1C.